The van der Waals surface area contributed by atoms with Crippen molar-refractivity contribution in [1.29, 1.82) is 0 Å². The number of benzene rings is 1. The Balaban J connectivity index is 3.04. The number of rotatable bonds is 2. The molecule has 0 aromatic heterocycles. The summed E-state index contributed by atoms with van der Waals surface area (Å²) < 4.78 is 33.0. The molecular formula is C6H8N2O4S. The van der Waals surface area contributed by atoms with Crippen molar-refractivity contribution >= 4 is 21.8 Å². The van der Waals surface area contributed by atoms with Gasteiger partial charge in [0.25, 0.3) is 0 Å². The molecule has 0 amide bonds. The summed E-state index contributed by atoms with van der Waals surface area (Å²) in [7, 11) is -4.53. The molecule has 0 atom stereocenters. The van der Waals surface area contributed by atoms with Gasteiger partial charge >= 0.3 is 10.4 Å². The van der Waals surface area contributed by atoms with Gasteiger partial charge < -0.3 is 15.7 Å². The van der Waals surface area contributed by atoms with Crippen LogP contribution in [0.15, 0.2) is 18.2 Å². The summed E-state index contributed by atoms with van der Waals surface area (Å²) in [5, 5.41) is 0. The zero-order valence-electron chi connectivity index (χ0n) is 6.47. The molecule has 6 nitrogen and oxygen atoms in total. The van der Waals surface area contributed by atoms with Gasteiger partial charge in [-0.15, -0.1) is 0 Å². The molecule has 0 fully saturated rings. The molecule has 0 spiro atoms. The first-order chi connectivity index (χ1) is 5.88. The molecule has 7 heteroatoms. The van der Waals surface area contributed by atoms with Crippen molar-refractivity contribution in [3.05, 3.63) is 18.2 Å². The van der Waals surface area contributed by atoms with E-state index >= 15 is 0 Å². The standard InChI is InChI=1S/C6H8N2O4S/c7-4-1-2-6(5(8)3-4)12-13(9,10)11/h1-3H,7-8H2,(H,9,10,11). The Bertz CT molecular complexity index is 415. The molecule has 0 aliphatic carbocycles. The van der Waals surface area contributed by atoms with Crippen molar-refractivity contribution in [3.63, 3.8) is 0 Å². The smallest absolute Gasteiger partial charge is 0.399 e. The first-order valence-electron chi connectivity index (χ1n) is 3.20. The van der Waals surface area contributed by atoms with Crippen LogP contribution in [-0.4, -0.2) is 13.0 Å². The highest BCUT2D eigenvalue weighted by Crippen LogP contribution is 2.24. The molecule has 0 radical (unpaired) electrons. The Morgan fingerprint density at radius 2 is 1.92 bits per heavy atom. The van der Waals surface area contributed by atoms with Gasteiger partial charge in [0.1, 0.15) is 0 Å². The van der Waals surface area contributed by atoms with E-state index in [4.69, 9.17) is 16.0 Å². The van der Waals surface area contributed by atoms with E-state index in [1.54, 1.807) is 0 Å². The molecule has 72 valence electrons. The predicted octanol–water partition coefficient (Wildman–Crippen LogP) is 0.0326. The second kappa shape index (κ2) is 3.11. The molecule has 0 aliphatic heterocycles. The van der Waals surface area contributed by atoms with E-state index in [1.165, 1.54) is 18.2 Å². The van der Waals surface area contributed by atoms with E-state index in [9.17, 15) is 8.42 Å². The number of nitrogen functional groups attached to an aromatic ring is 2. The minimum Gasteiger partial charge on any atom is -0.399 e. The molecule has 5 N–H and O–H groups in total. The number of hydrogen-bond donors (Lipinski definition) is 3. The second-order valence-electron chi connectivity index (χ2n) is 2.31. The van der Waals surface area contributed by atoms with Crippen molar-refractivity contribution in [3.8, 4) is 5.75 Å². The fourth-order valence-corrected chi connectivity index (χ4v) is 1.13. The monoisotopic (exact) mass is 204 g/mol. The Kier molecular flexibility index (Phi) is 2.30. The maximum atomic E-state index is 10.3. The summed E-state index contributed by atoms with van der Waals surface area (Å²) in [5.74, 6) is -0.156. The lowest BCUT2D eigenvalue weighted by molar-refractivity contribution is 0.387. The van der Waals surface area contributed by atoms with Gasteiger partial charge in [-0.05, 0) is 18.2 Å². The number of anilines is 2. The average molecular weight is 204 g/mol. The molecule has 0 saturated carbocycles. The minimum absolute atomic E-state index is 0.0395. The van der Waals surface area contributed by atoms with Crippen LogP contribution in [0.3, 0.4) is 0 Å². The molecule has 0 heterocycles. The van der Waals surface area contributed by atoms with E-state index in [-0.39, 0.29) is 11.4 Å². The largest absolute Gasteiger partial charge is 0.446 e. The van der Waals surface area contributed by atoms with Gasteiger partial charge in [0, 0.05) is 5.69 Å². The highest BCUT2D eigenvalue weighted by Gasteiger charge is 2.09. The topological polar surface area (TPSA) is 116 Å². The van der Waals surface area contributed by atoms with Crippen LogP contribution in [0.25, 0.3) is 0 Å². The Hall–Kier alpha value is -1.47. The van der Waals surface area contributed by atoms with E-state index in [0.717, 1.165) is 0 Å². The summed E-state index contributed by atoms with van der Waals surface area (Å²) in [6.45, 7) is 0. The van der Waals surface area contributed by atoms with Gasteiger partial charge in [0.2, 0.25) is 0 Å². The maximum Gasteiger partial charge on any atom is 0.446 e. The molecular weight excluding hydrogens is 196 g/mol. The van der Waals surface area contributed by atoms with Crippen molar-refractivity contribution in [1.82, 2.24) is 0 Å². The molecule has 13 heavy (non-hydrogen) atoms. The lowest BCUT2D eigenvalue weighted by Gasteiger charge is -2.04. The van der Waals surface area contributed by atoms with Crippen molar-refractivity contribution < 1.29 is 17.2 Å². The molecule has 0 unspecified atom stereocenters. The first-order valence-corrected chi connectivity index (χ1v) is 4.57. The molecule has 0 bridgehead atoms. The van der Waals surface area contributed by atoms with Gasteiger partial charge in [-0.25, -0.2) is 0 Å². The molecule has 1 aromatic carbocycles. The fraction of sp³-hybridized carbons (Fsp3) is 0. The third-order valence-electron chi connectivity index (χ3n) is 1.23. The maximum absolute atomic E-state index is 10.3. The van der Waals surface area contributed by atoms with Crippen LogP contribution >= 0.6 is 0 Å². The van der Waals surface area contributed by atoms with Crippen LogP contribution in [0.4, 0.5) is 11.4 Å². The third-order valence-corrected chi connectivity index (χ3v) is 1.62. The van der Waals surface area contributed by atoms with Crippen LogP contribution in [0, 0.1) is 0 Å². The second-order valence-corrected chi connectivity index (χ2v) is 3.33. The van der Waals surface area contributed by atoms with Crippen molar-refractivity contribution in [2.24, 2.45) is 0 Å². The van der Waals surface area contributed by atoms with Crippen molar-refractivity contribution in [2.45, 2.75) is 0 Å². The molecule has 0 saturated heterocycles. The molecule has 1 aromatic rings. The van der Waals surface area contributed by atoms with Crippen LogP contribution in [0.1, 0.15) is 0 Å². The lowest BCUT2D eigenvalue weighted by atomic mass is 10.3. The Morgan fingerprint density at radius 1 is 1.31 bits per heavy atom. The van der Waals surface area contributed by atoms with Crippen LogP contribution in [-0.2, 0) is 10.4 Å². The van der Waals surface area contributed by atoms with E-state index in [2.05, 4.69) is 4.18 Å². The van der Waals surface area contributed by atoms with Gasteiger partial charge in [0.15, 0.2) is 5.75 Å². The van der Waals surface area contributed by atoms with Crippen LogP contribution in [0.5, 0.6) is 5.75 Å². The third kappa shape index (κ3) is 2.80. The average Bonchev–Trinajstić information content (AvgIpc) is 1.93. The molecule has 0 aliphatic rings. The first kappa shape index (κ1) is 9.62. The highest BCUT2D eigenvalue weighted by atomic mass is 32.3. The Labute approximate surface area is 75.1 Å². The van der Waals surface area contributed by atoms with Gasteiger partial charge in [-0.2, -0.15) is 8.42 Å². The quantitative estimate of drug-likeness (QED) is 0.462. The lowest BCUT2D eigenvalue weighted by Crippen LogP contribution is -2.08. The van der Waals surface area contributed by atoms with Gasteiger partial charge in [-0.1, -0.05) is 0 Å². The summed E-state index contributed by atoms with van der Waals surface area (Å²) in [5.41, 5.74) is 11.1. The van der Waals surface area contributed by atoms with E-state index in [1.807, 2.05) is 0 Å². The van der Waals surface area contributed by atoms with Gasteiger partial charge in [0.05, 0.1) is 5.69 Å². The summed E-state index contributed by atoms with van der Waals surface area (Å²) in [4.78, 5) is 0. The highest BCUT2D eigenvalue weighted by molar-refractivity contribution is 7.81. The van der Waals surface area contributed by atoms with Gasteiger partial charge in [-0.3, -0.25) is 4.55 Å². The minimum atomic E-state index is -4.53. The zero-order valence-corrected chi connectivity index (χ0v) is 7.28. The number of nitrogens with two attached hydrogens (primary N) is 2. The van der Waals surface area contributed by atoms with Crippen LogP contribution in [0.2, 0.25) is 0 Å². The zero-order chi connectivity index (χ0) is 10.1. The normalized spacial score (nSPS) is 11.2. The summed E-state index contributed by atoms with van der Waals surface area (Å²) in [6, 6.07) is 3.97. The molecule has 1 rings (SSSR count). The predicted molar refractivity (Wildman–Crippen MR) is 47.4 cm³/mol. The summed E-state index contributed by atoms with van der Waals surface area (Å²) >= 11 is 0. The summed E-state index contributed by atoms with van der Waals surface area (Å²) in [6.07, 6.45) is 0. The van der Waals surface area contributed by atoms with E-state index in [0.29, 0.717) is 5.69 Å². The Morgan fingerprint density at radius 3 is 2.38 bits per heavy atom. The van der Waals surface area contributed by atoms with Crippen molar-refractivity contribution in [2.75, 3.05) is 11.5 Å². The fourth-order valence-electron chi connectivity index (χ4n) is 0.756. The number of hydrogen-bond acceptors (Lipinski definition) is 5. The van der Waals surface area contributed by atoms with E-state index < -0.39 is 10.4 Å². The SMILES string of the molecule is Nc1ccc(OS(=O)(=O)O)c(N)c1. The van der Waals surface area contributed by atoms with Crippen LogP contribution < -0.4 is 15.7 Å².